The highest BCUT2D eigenvalue weighted by molar-refractivity contribution is 6.31. The summed E-state index contributed by atoms with van der Waals surface area (Å²) in [4.78, 5) is 30.5. The second-order valence-corrected chi connectivity index (χ2v) is 7.49. The minimum absolute atomic E-state index is 0.0546. The minimum Gasteiger partial charge on any atom is -0.438 e. The van der Waals surface area contributed by atoms with Crippen molar-refractivity contribution in [3.8, 4) is 0 Å². The molecule has 1 N–H and O–H groups in total. The molecule has 1 aromatic heterocycles. The molecule has 26 heavy (non-hydrogen) atoms. The first-order valence-electron chi connectivity index (χ1n) is 8.60. The fourth-order valence-corrected chi connectivity index (χ4v) is 3.28. The molecule has 2 aromatic rings. The van der Waals surface area contributed by atoms with Crippen molar-refractivity contribution in [1.82, 2.24) is 15.2 Å². The number of likely N-dealkylation sites (tertiary alicyclic amines) is 1. The third kappa shape index (κ3) is 3.75. The standard InChI is InChI=1S/C19H22ClN3O3/c1-4-16(24)23-9-7-12(8-10-23)17(25)22-19(2,3)18-21-14-6-5-13(20)11-15(14)26-18/h4-6,11-12H,1,7-10H2,2-3H3,(H,22,25). The average molecular weight is 376 g/mol. The Hall–Kier alpha value is -2.34. The molecule has 7 heteroatoms. The lowest BCUT2D eigenvalue weighted by Gasteiger charge is -2.32. The van der Waals surface area contributed by atoms with Gasteiger partial charge in [0.25, 0.3) is 0 Å². The molecular formula is C19H22ClN3O3. The topological polar surface area (TPSA) is 75.4 Å². The lowest BCUT2D eigenvalue weighted by molar-refractivity contribution is -0.133. The number of nitrogens with one attached hydrogen (secondary N) is 1. The number of hydrogen-bond donors (Lipinski definition) is 1. The third-order valence-electron chi connectivity index (χ3n) is 4.67. The van der Waals surface area contributed by atoms with Crippen molar-refractivity contribution in [3.63, 3.8) is 0 Å². The summed E-state index contributed by atoms with van der Waals surface area (Å²) in [5, 5.41) is 3.60. The predicted octanol–water partition coefficient (Wildman–Crippen LogP) is 3.26. The zero-order valence-electron chi connectivity index (χ0n) is 14.9. The number of fused-ring (bicyclic) bond motifs is 1. The van der Waals surface area contributed by atoms with Gasteiger partial charge in [0.05, 0.1) is 0 Å². The lowest BCUT2D eigenvalue weighted by Crippen LogP contribution is -2.47. The number of amides is 2. The summed E-state index contributed by atoms with van der Waals surface area (Å²) >= 11 is 5.98. The van der Waals surface area contributed by atoms with E-state index in [-0.39, 0.29) is 17.7 Å². The first kappa shape index (κ1) is 18.5. The van der Waals surface area contributed by atoms with Crippen molar-refractivity contribution < 1.29 is 14.0 Å². The molecule has 0 saturated carbocycles. The number of carbonyl (C=O) groups is 2. The van der Waals surface area contributed by atoms with E-state index in [2.05, 4.69) is 16.9 Å². The molecule has 1 fully saturated rings. The molecule has 2 amide bonds. The molecule has 0 radical (unpaired) electrons. The van der Waals surface area contributed by atoms with Gasteiger partial charge in [-0.1, -0.05) is 18.2 Å². The summed E-state index contributed by atoms with van der Waals surface area (Å²) in [5.74, 6) is 0.152. The highest BCUT2D eigenvalue weighted by atomic mass is 35.5. The number of carbonyl (C=O) groups excluding carboxylic acids is 2. The maximum atomic E-state index is 12.7. The van der Waals surface area contributed by atoms with Crippen molar-refractivity contribution in [2.45, 2.75) is 32.2 Å². The van der Waals surface area contributed by atoms with Crippen LogP contribution in [0.15, 0.2) is 35.3 Å². The quantitative estimate of drug-likeness (QED) is 0.832. The van der Waals surface area contributed by atoms with Gasteiger partial charge >= 0.3 is 0 Å². The normalized spacial score (nSPS) is 15.9. The molecule has 6 nitrogen and oxygen atoms in total. The SMILES string of the molecule is C=CC(=O)N1CCC(C(=O)NC(C)(C)c2nc3ccc(Cl)cc3o2)CC1. The van der Waals surface area contributed by atoms with Crippen LogP contribution in [0.3, 0.4) is 0 Å². The molecule has 0 bridgehead atoms. The minimum atomic E-state index is -0.753. The number of piperidine rings is 1. The molecule has 2 heterocycles. The molecule has 0 aliphatic carbocycles. The van der Waals surface area contributed by atoms with Gasteiger partial charge in [-0.2, -0.15) is 0 Å². The molecule has 138 valence electrons. The molecule has 1 aliphatic rings. The summed E-state index contributed by atoms with van der Waals surface area (Å²) in [6, 6.07) is 5.24. The zero-order chi connectivity index (χ0) is 18.9. The van der Waals surface area contributed by atoms with E-state index in [0.29, 0.717) is 47.9 Å². The molecule has 1 saturated heterocycles. The van der Waals surface area contributed by atoms with Gasteiger partial charge in [-0.25, -0.2) is 4.98 Å². The highest BCUT2D eigenvalue weighted by Gasteiger charge is 2.33. The maximum absolute atomic E-state index is 12.7. The summed E-state index contributed by atoms with van der Waals surface area (Å²) in [6.45, 7) is 8.33. The number of hydrogen-bond acceptors (Lipinski definition) is 4. The van der Waals surface area contributed by atoms with E-state index in [1.54, 1.807) is 23.1 Å². The second-order valence-electron chi connectivity index (χ2n) is 7.05. The number of aromatic nitrogens is 1. The van der Waals surface area contributed by atoms with Gasteiger partial charge in [-0.05, 0) is 44.9 Å². The van der Waals surface area contributed by atoms with Crippen LogP contribution >= 0.6 is 11.6 Å². The van der Waals surface area contributed by atoms with Gasteiger partial charge in [0.2, 0.25) is 17.7 Å². The van der Waals surface area contributed by atoms with Crippen molar-refractivity contribution in [1.29, 1.82) is 0 Å². The Morgan fingerprint density at radius 2 is 2.08 bits per heavy atom. The Labute approximate surface area is 157 Å². The lowest BCUT2D eigenvalue weighted by atomic mass is 9.94. The molecular weight excluding hydrogens is 354 g/mol. The van der Waals surface area contributed by atoms with Gasteiger partial charge in [0, 0.05) is 30.1 Å². The molecule has 3 rings (SSSR count). The molecule has 0 atom stereocenters. The number of halogens is 1. The van der Waals surface area contributed by atoms with Crippen molar-refractivity contribution >= 4 is 34.5 Å². The Morgan fingerprint density at radius 3 is 2.73 bits per heavy atom. The second kappa shape index (κ2) is 7.11. The Bertz CT molecular complexity index is 851. The van der Waals surface area contributed by atoms with Crippen molar-refractivity contribution in [2.24, 2.45) is 5.92 Å². The zero-order valence-corrected chi connectivity index (χ0v) is 15.7. The Balaban J connectivity index is 1.67. The van der Waals surface area contributed by atoms with Crippen molar-refractivity contribution in [2.75, 3.05) is 13.1 Å². The molecule has 0 spiro atoms. The van der Waals surface area contributed by atoms with Crippen LogP contribution in [0.2, 0.25) is 5.02 Å². The fraction of sp³-hybridized carbons (Fsp3) is 0.421. The van der Waals surface area contributed by atoms with Crippen LogP contribution in [0.5, 0.6) is 0 Å². The number of oxazole rings is 1. The Morgan fingerprint density at radius 1 is 1.38 bits per heavy atom. The van der Waals surface area contributed by atoms with E-state index in [1.807, 2.05) is 13.8 Å². The van der Waals surface area contributed by atoms with Crippen LogP contribution < -0.4 is 5.32 Å². The molecule has 1 aromatic carbocycles. The van der Waals surface area contributed by atoms with Gasteiger partial charge in [-0.15, -0.1) is 0 Å². The van der Waals surface area contributed by atoms with Gasteiger partial charge in [-0.3, -0.25) is 9.59 Å². The van der Waals surface area contributed by atoms with E-state index < -0.39 is 5.54 Å². The van der Waals surface area contributed by atoms with E-state index in [9.17, 15) is 9.59 Å². The van der Waals surface area contributed by atoms with E-state index >= 15 is 0 Å². The number of nitrogens with zero attached hydrogens (tertiary/aromatic N) is 2. The van der Waals surface area contributed by atoms with Crippen LogP contribution in [-0.4, -0.2) is 34.8 Å². The van der Waals surface area contributed by atoms with E-state index in [1.165, 1.54) is 6.08 Å². The molecule has 1 aliphatic heterocycles. The maximum Gasteiger partial charge on any atom is 0.245 e. The van der Waals surface area contributed by atoms with Crippen LogP contribution in [0, 0.1) is 5.92 Å². The average Bonchev–Trinajstić information content (AvgIpc) is 3.05. The largest absolute Gasteiger partial charge is 0.438 e. The monoisotopic (exact) mass is 375 g/mol. The summed E-state index contributed by atoms with van der Waals surface area (Å²) in [6.07, 6.45) is 2.57. The third-order valence-corrected chi connectivity index (χ3v) is 4.91. The molecule has 0 unspecified atom stereocenters. The Kier molecular flexibility index (Phi) is 5.05. The summed E-state index contributed by atoms with van der Waals surface area (Å²) in [7, 11) is 0. The van der Waals surface area contributed by atoms with E-state index in [4.69, 9.17) is 16.0 Å². The predicted molar refractivity (Wildman–Crippen MR) is 99.7 cm³/mol. The summed E-state index contributed by atoms with van der Waals surface area (Å²) in [5.41, 5.74) is 0.533. The van der Waals surface area contributed by atoms with Gasteiger partial charge in [0.15, 0.2) is 5.58 Å². The van der Waals surface area contributed by atoms with Gasteiger partial charge in [0.1, 0.15) is 11.1 Å². The van der Waals surface area contributed by atoms with Crippen LogP contribution in [0.25, 0.3) is 11.1 Å². The smallest absolute Gasteiger partial charge is 0.245 e. The van der Waals surface area contributed by atoms with Gasteiger partial charge < -0.3 is 14.6 Å². The van der Waals surface area contributed by atoms with Crippen molar-refractivity contribution in [3.05, 3.63) is 41.8 Å². The number of rotatable bonds is 4. The highest BCUT2D eigenvalue weighted by Crippen LogP contribution is 2.27. The number of benzene rings is 1. The van der Waals surface area contributed by atoms with Crippen LogP contribution in [0.4, 0.5) is 0 Å². The van der Waals surface area contributed by atoms with E-state index in [0.717, 1.165) is 0 Å². The first-order chi connectivity index (χ1) is 12.3. The summed E-state index contributed by atoms with van der Waals surface area (Å²) < 4.78 is 5.79. The fourth-order valence-electron chi connectivity index (χ4n) is 3.12. The van der Waals surface area contributed by atoms with Crippen LogP contribution in [0.1, 0.15) is 32.6 Å². The van der Waals surface area contributed by atoms with Crippen LogP contribution in [-0.2, 0) is 15.1 Å². The first-order valence-corrected chi connectivity index (χ1v) is 8.98.